The van der Waals surface area contributed by atoms with Gasteiger partial charge in [0.15, 0.2) is 5.13 Å². The third-order valence-electron chi connectivity index (χ3n) is 2.98. The molecule has 2 aromatic heterocycles. The molecular weight excluding hydrogens is 336 g/mol. The van der Waals surface area contributed by atoms with Gasteiger partial charge in [-0.25, -0.2) is 9.78 Å². The minimum Gasteiger partial charge on any atom is -0.462 e. The molecule has 23 heavy (non-hydrogen) atoms. The first-order chi connectivity index (χ1) is 11.1. The molecule has 0 saturated carbocycles. The van der Waals surface area contributed by atoms with E-state index >= 15 is 0 Å². The van der Waals surface area contributed by atoms with Gasteiger partial charge in [0.2, 0.25) is 0 Å². The number of hydrogen-bond acceptors (Lipinski definition) is 8. The van der Waals surface area contributed by atoms with E-state index < -0.39 is 0 Å². The molecule has 0 aliphatic carbocycles. The van der Waals surface area contributed by atoms with Crippen LogP contribution in [0.5, 0.6) is 0 Å². The van der Waals surface area contributed by atoms with E-state index in [2.05, 4.69) is 19.9 Å². The summed E-state index contributed by atoms with van der Waals surface area (Å²) in [6, 6.07) is 5.09. The number of nitrogens with one attached hydrogen (secondary N) is 1. The molecule has 9 heteroatoms. The Morgan fingerprint density at radius 2 is 2.17 bits per heavy atom. The number of ether oxygens (including phenoxy) is 1. The Bertz CT molecular complexity index is 887. The van der Waals surface area contributed by atoms with Gasteiger partial charge in [0, 0.05) is 0 Å². The zero-order valence-electron chi connectivity index (χ0n) is 12.3. The van der Waals surface area contributed by atoms with Crippen molar-refractivity contribution < 1.29 is 14.3 Å². The summed E-state index contributed by atoms with van der Waals surface area (Å²) in [5.74, 6) is -0.665. The third-order valence-corrected chi connectivity index (χ3v) is 4.74. The predicted molar refractivity (Wildman–Crippen MR) is 88.2 cm³/mol. The monoisotopic (exact) mass is 348 g/mol. The molecule has 0 aliphatic rings. The number of esters is 1. The first kappa shape index (κ1) is 15.5. The molecule has 1 aromatic carbocycles. The molecule has 118 valence electrons. The Morgan fingerprint density at radius 1 is 1.35 bits per heavy atom. The van der Waals surface area contributed by atoms with Gasteiger partial charge in [-0.3, -0.25) is 10.1 Å². The van der Waals surface area contributed by atoms with Gasteiger partial charge in [0.05, 0.1) is 28.1 Å². The van der Waals surface area contributed by atoms with Gasteiger partial charge in [-0.2, -0.15) is 0 Å². The van der Waals surface area contributed by atoms with Crippen molar-refractivity contribution >= 4 is 50.1 Å². The smallest absolute Gasteiger partial charge is 0.338 e. The summed E-state index contributed by atoms with van der Waals surface area (Å²) >= 11 is 2.33. The number of aryl methyl sites for hydroxylation is 1. The lowest BCUT2D eigenvalue weighted by Gasteiger charge is -2.00. The molecule has 0 aliphatic heterocycles. The van der Waals surface area contributed by atoms with Crippen molar-refractivity contribution in [3.8, 4) is 0 Å². The van der Waals surface area contributed by atoms with Gasteiger partial charge < -0.3 is 4.74 Å². The van der Waals surface area contributed by atoms with Crippen LogP contribution in [-0.4, -0.2) is 33.1 Å². The van der Waals surface area contributed by atoms with Gasteiger partial charge in [0.25, 0.3) is 5.91 Å². The highest BCUT2D eigenvalue weighted by atomic mass is 32.1. The topological polar surface area (TPSA) is 94.1 Å². The van der Waals surface area contributed by atoms with Gasteiger partial charge in [-0.15, -0.1) is 5.10 Å². The molecule has 0 unspecified atom stereocenters. The van der Waals surface area contributed by atoms with Crippen LogP contribution in [0.3, 0.4) is 0 Å². The number of aromatic nitrogens is 3. The van der Waals surface area contributed by atoms with E-state index in [0.717, 1.165) is 16.2 Å². The first-order valence-electron chi connectivity index (χ1n) is 6.76. The average Bonchev–Trinajstić information content (AvgIpc) is 3.11. The minimum atomic E-state index is -0.375. The van der Waals surface area contributed by atoms with Gasteiger partial charge in [0.1, 0.15) is 4.88 Å². The standard InChI is InChI=1S/C14H12N4O3S2/c1-3-21-13(20)8-4-5-9-10(6-8)22-14(15-9)16-12(19)11-7(2)17-18-23-11/h4-6H,3H2,1-2H3,(H,15,16,19). The molecule has 0 radical (unpaired) electrons. The van der Waals surface area contributed by atoms with E-state index in [1.54, 1.807) is 32.0 Å². The summed E-state index contributed by atoms with van der Waals surface area (Å²) in [7, 11) is 0. The second kappa shape index (κ2) is 6.39. The summed E-state index contributed by atoms with van der Waals surface area (Å²) < 4.78 is 9.51. The quantitative estimate of drug-likeness (QED) is 0.729. The molecule has 3 aromatic rings. The molecule has 3 rings (SSSR count). The average molecular weight is 348 g/mol. The van der Waals surface area contributed by atoms with Crippen molar-refractivity contribution in [3.63, 3.8) is 0 Å². The number of anilines is 1. The zero-order chi connectivity index (χ0) is 16.4. The summed E-state index contributed by atoms with van der Waals surface area (Å²) in [4.78, 5) is 28.7. The molecule has 2 heterocycles. The van der Waals surface area contributed by atoms with Crippen LogP contribution in [0.1, 0.15) is 32.6 Å². The summed E-state index contributed by atoms with van der Waals surface area (Å²) in [5, 5.41) is 7.00. The van der Waals surface area contributed by atoms with E-state index in [1.165, 1.54) is 11.3 Å². The molecule has 1 amide bonds. The van der Waals surface area contributed by atoms with Crippen LogP contribution in [0.2, 0.25) is 0 Å². The Kier molecular flexibility index (Phi) is 4.30. The number of thiazole rings is 1. The highest BCUT2D eigenvalue weighted by Gasteiger charge is 2.16. The lowest BCUT2D eigenvalue weighted by Crippen LogP contribution is -2.11. The molecule has 0 spiro atoms. The second-order valence-corrected chi connectivity index (χ2v) is 6.35. The maximum atomic E-state index is 12.1. The van der Waals surface area contributed by atoms with Crippen LogP contribution in [0.15, 0.2) is 18.2 Å². The maximum Gasteiger partial charge on any atom is 0.338 e. The molecule has 0 saturated heterocycles. The zero-order valence-corrected chi connectivity index (χ0v) is 14.0. The van der Waals surface area contributed by atoms with E-state index in [4.69, 9.17) is 4.74 Å². The van der Waals surface area contributed by atoms with Crippen molar-refractivity contribution in [2.24, 2.45) is 0 Å². The minimum absolute atomic E-state index is 0.290. The fraction of sp³-hybridized carbons (Fsp3) is 0.214. The van der Waals surface area contributed by atoms with Crippen LogP contribution in [-0.2, 0) is 4.74 Å². The summed E-state index contributed by atoms with van der Waals surface area (Å²) in [6.45, 7) is 3.80. The van der Waals surface area contributed by atoms with Crippen LogP contribution < -0.4 is 5.32 Å². The Hall–Kier alpha value is -2.39. The van der Waals surface area contributed by atoms with E-state index in [9.17, 15) is 9.59 Å². The number of carbonyl (C=O) groups is 2. The largest absolute Gasteiger partial charge is 0.462 e. The lowest BCUT2D eigenvalue weighted by atomic mass is 10.2. The number of benzene rings is 1. The lowest BCUT2D eigenvalue weighted by molar-refractivity contribution is 0.0526. The number of rotatable bonds is 4. The van der Waals surface area contributed by atoms with Crippen LogP contribution in [0.25, 0.3) is 10.2 Å². The fourth-order valence-corrected chi connectivity index (χ4v) is 3.37. The molecule has 7 nitrogen and oxygen atoms in total. The number of hydrogen-bond donors (Lipinski definition) is 1. The van der Waals surface area contributed by atoms with E-state index in [0.29, 0.717) is 33.4 Å². The molecule has 1 N–H and O–H groups in total. The van der Waals surface area contributed by atoms with Crippen molar-refractivity contribution in [2.75, 3.05) is 11.9 Å². The van der Waals surface area contributed by atoms with Gasteiger partial charge >= 0.3 is 5.97 Å². The SMILES string of the molecule is CCOC(=O)c1ccc2nc(NC(=O)c3snnc3C)sc2c1. The van der Waals surface area contributed by atoms with E-state index in [1.807, 2.05) is 0 Å². The van der Waals surface area contributed by atoms with Crippen LogP contribution >= 0.6 is 22.9 Å². The molecular formula is C14H12N4O3S2. The molecule has 0 atom stereocenters. The third kappa shape index (κ3) is 3.20. The van der Waals surface area contributed by atoms with Crippen molar-refractivity contribution in [1.29, 1.82) is 0 Å². The molecule has 0 bridgehead atoms. The van der Waals surface area contributed by atoms with E-state index in [-0.39, 0.29) is 11.9 Å². The summed E-state index contributed by atoms with van der Waals surface area (Å²) in [6.07, 6.45) is 0. The highest BCUT2D eigenvalue weighted by Crippen LogP contribution is 2.27. The van der Waals surface area contributed by atoms with Gasteiger partial charge in [-0.1, -0.05) is 15.8 Å². The summed E-state index contributed by atoms with van der Waals surface area (Å²) in [5.41, 5.74) is 1.75. The second-order valence-electron chi connectivity index (χ2n) is 4.56. The number of fused-ring (bicyclic) bond motifs is 1. The number of nitrogens with zero attached hydrogens (tertiary/aromatic N) is 3. The van der Waals surface area contributed by atoms with Gasteiger partial charge in [-0.05, 0) is 43.6 Å². The number of carbonyl (C=O) groups excluding carboxylic acids is 2. The predicted octanol–water partition coefficient (Wildman–Crippen LogP) is 2.89. The normalized spacial score (nSPS) is 10.7. The van der Waals surface area contributed by atoms with Crippen LogP contribution in [0.4, 0.5) is 5.13 Å². The van der Waals surface area contributed by atoms with Crippen molar-refractivity contribution in [3.05, 3.63) is 34.3 Å². The number of amides is 1. The first-order valence-corrected chi connectivity index (χ1v) is 8.35. The Labute approximate surface area is 139 Å². The Balaban J connectivity index is 1.84. The van der Waals surface area contributed by atoms with Crippen LogP contribution in [0, 0.1) is 6.92 Å². The Morgan fingerprint density at radius 3 is 2.87 bits per heavy atom. The highest BCUT2D eigenvalue weighted by molar-refractivity contribution is 7.22. The van der Waals surface area contributed by atoms with Crippen molar-refractivity contribution in [1.82, 2.24) is 14.6 Å². The fourth-order valence-electron chi connectivity index (χ4n) is 1.91. The maximum absolute atomic E-state index is 12.1. The molecule has 0 fully saturated rings. The van der Waals surface area contributed by atoms with Crippen molar-refractivity contribution in [2.45, 2.75) is 13.8 Å².